The lowest BCUT2D eigenvalue weighted by molar-refractivity contribution is 0.108. The first-order valence-corrected chi connectivity index (χ1v) is 8.92. The minimum Gasteiger partial charge on any atom is -0.390 e. The van der Waals surface area contributed by atoms with Crippen LogP contribution in [0.5, 0.6) is 0 Å². The number of aryl methyl sites for hydroxylation is 1. The fraction of sp³-hybridized carbons (Fsp3) is 0.286. The lowest BCUT2D eigenvalue weighted by Crippen LogP contribution is -2.32. The van der Waals surface area contributed by atoms with Gasteiger partial charge in [-0.05, 0) is 19.2 Å². The van der Waals surface area contributed by atoms with E-state index in [-0.39, 0.29) is 0 Å². The maximum Gasteiger partial charge on any atom is 0.122 e. The summed E-state index contributed by atoms with van der Waals surface area (Å²) < 4.78 is 4.24. The van der Waals surface area contributed by atoms with Gasteiger partial charge in [0.1, 0.15) is 5.82 Å². The third-order valence-corrected chi connectivity index (χ3v) is 4.93. The Hall–Kier alpha value is -2.63. The quantitative estimate of drug-likeness (QED) is 0.583. The molecule has 0 saturated heterocycles. The number of hydrogen-bond acceptors (Lipinski definition) is 3. The van der Waals surface area contributed by atoms with E-state index in [1.165, 1.54) is 21.8 Å². The van der Waals surface area contributed by atoms with Crippen molar-refractivity contribution in [2.45, 2.75) is 19.2 Å². The van der Waals surface area contributed by atoms with Gasteiger partial charge in [-0.25, -0.2) is 4.98 Å². The van der Waals surface area contributed by atoms with Crippen molar-refractivity contribution in [2.24, 2.45) is 7.05 Å². The predicted octanol–water partition coefficient (Wildman–Crippen LogP) is 3.02. The summed E-state index contributed by atoms with van der Waals surface area (Å²) in [6, 6.07) is 16.8. The molecule has 4 aromatic rings. The first-order valence-electron chi connectivity index (χ1n) is 8.92. The van der Waals surface area contributed by atoms with Crippen LogP contribution in [0.25, 0.3) is 21.8 Å². The summed E-state index contributed by atoms with van der Waals surface area (Å²) in [6.45, 7) is 1.88. The topological polar surface area (TPSA) is 46.2 Å². The zero-order valence-electron chi connectivity index (χ0n) is 15.2. The summed E-state index contributed by atoms with van der Waals surface area (Å²) in [5.41, 5.74) is 2.33. The molecular weight excluding hydrogens is 324 g/mol. The van der Waals surface area contributed by atoms with Crippen LogP contribution in [0, 0.1) is 0 Å². The van der Waals surface area contributed by atoms with Crippen molar-refractivity contribution >= 4 is 21.8 Å². The van der Waals surface area contributed by atoms with Gasteiger partial charge in [0.15, 0.2) is 0 Å². The largest absolute Gasteiger partial charge is 0.390 e. The summed E-state index contributed by atoms with van der Waals surface area (Å²) in [7, 11) is 4.01. The molecule has 134 valence electrons. The number of likely N-dealkylation sites (N-methyl/N-ethyl adjacent to an activating group) is 1. The zero-order chi connectivity index (χ0) is 18.1. The van der Waals surface area contributed by atoms with E-state index < -0.39 is 6.10 Å². The summed E-state index contributed by atoms with van der Waals surface area (Å²) in [5, 5.41) is 13.2. The molecule has 2 aromatic heterocycles. The average Bonchev–Trinajstić information content (AvgIpc) is 3.17. The molecule has 4 rings (SSSR count). The fourth-order valence-corrected chi connectivity index (χ4v) is 3.68. The molecule has 1 unspecified atom stereocenters. The van der Waals surface area contributed by atoms with E-state index in [9.17, 15) is 5.11 Å². The predicted molar refractivity (Wildman–Crippen MR) is 105 cm³/mol. The molecule has 2 aromatic carbocycles. The Morgan fingerprint density at radius 2 is 1.65 bits per heavy atom. The second-order valence-corrected chi connectivity index (χ2v) is 6.95. The molecule has 0 bridgehead atoms. The van der Waals surface area contributed by atoms with E-state index in [1.54, 1.807) is 6.20 Å². The monoisotopic (exact) mass is 348 g/mol. The molecule has 0 aliphatic rings. The van der Waals surface area contributed by atoms with Crippen molar-refractivity contribution in [1.29, 1.82) is 0 Å². The number of para-hydroxylation sites is 2. The van der Waals surface area contributed by atoms with Gasteiger partial charge in [-0.3, -0.25) is 4.90 Å². The summed E-state index contributed by atoms with van der Waals surface area (Å²) >= 11 is 0. The number of imidazole rings is 1. The van der Waals surface area contributed by atoms with Crippen LogP contribution in [0.15, 0.2) is 60.9 Å². The first kappa shape index (κ1) is 16.8. The van der Waals surface area contributed by atoms with Gasteiger partial charge in [-0.1, -0.05) is 36.4 Å². The van der Waals surface area contributed by atoms with Crippen LogP contribution in [-0.2, 0) is 20.1 Å². The van der Waals surface area contributed by atoms with Gasteiger partial charge >= 0.3 is 0 Å². The van der Waals surface area contributed by atoms with E-state index in [0.717, 1.165) is 5.82 Å². The van der Waals surface area contributed by atoms with Crippen molar-refractivity contribution in [1.82, 2.24) is 19.0 Å². The number of fused-ring (bicyclic) bond motifs is 3. The molecule has 0 fully saturated rings. The van der Waals surface area contributed by atoms with Crippen LogP contribution in [0.3, 0.4) is 0 Å². The Labute approximate surface area is 153 Å². The fourth-order valence-electron chi connectivity index (χ4n) is 3.68. The van der Waals surface area contributed by atoms with E-state index in [4.69, 9.17) is 0 Å². The highest BCUT2D eigenvalue weighted by atomic mass is 16.3. The number of aliphatic hydroxyl groups excluding tert-OH is 1. The van der Waals surface area contributed by atoms with Gasteiger partial charge in [0.2, 0.25) is 0 Å². The van der Waals surface area contributed by atoms with Gasteiger partial charge < -0.3 is 14.2 Å². The van der Waals surface area contributed by atoms with Crippen molar-refractivity contribution in [3.63, 3.8) is 0 Å². The number of aliphatic hydroxyl groups is 1. The standard InChI is InChI=1S/C21H24N4O/c1-23(15-21-22-11-12-24(21)2)13-16(26)14-25-19-9-5-3-7-17(19)18-8-4-6-10-20(18)25/h3-12,16,26H,13-15H2,1-2H3. The minimum atomic E-state index is -0.459. The Morgan fingerprint density at radius 3 is 2.23 bits per heavy atom. The summed E-state index contributed by atoms with van der Waals surface area (Å²) in [6.07, 6.45) is 3.29. The highest BCUT2D eigenvalue weighted by Gasteiger charge is 2.15. The Balaban J connectivity index is 1.55. The van der Waals surface area contributed by atoms with E-state index in [1.807, 2.05) is 24.9 Å². The molecule has 0 spiro atoms. The molecular formula is C21H24N4O. The van der Waals surface area contributed by atoms with Gasteiger partial charge in [-0.15, -0.1) is 0 Å². The maximum atomic E-state index is 10.7. The SMILES string of the molecule is CN(Cc1nccn1C)CC(O)Cn1c2ccccc2c2ccccc21. The molecule has 0 aliphatic heterocycles. The van der Waals surface area contributed by atoms with Crippen LogP contribution >= 0.6 is 0 Å². The number of nitrogens with zero attached hydrogens (tertiary/aromatic N) is 4. The van der Waals surface area contributed by atoms with Crippen LogP contribution in [0.4, 0.5) is 0 Å². The molecule has 5 heteroatoms. The molecule has 1 atom stereocenters. The van der Waals surface area contributed by atoms with Gasteiger partial charge in [0.25, 0.3) is 0 Å². The molecule has 0 saturated carbocycles. The highest BCUT2D eigenvalue weighted by molar-refractivity contribution is 6.07. The second kappa shape index (κ2) is 6.94. The smallest absolute Gasteiger partial charge is 0.122 e. The molecule has 2 heterocycles. The van der Waals surface area contributed by atoms with Crippen molar-refractivity contribution in [3.8, 4) is 0 Å². The molecule has 1 N–H and O–H groups in total. The number of benzene rings is 2. The third kappa shape index (κ3) is 3.11. The normalized spacial score (nSPS) is 13.1. The highest BCUT2D eigenvalue weighted by Crippen LogP contribution is 2.28. The minimum absolute atomic E-state index is 0.459. The first-order chi connectivity index (χ1) is 12.6. The molecule has 0 aliphatic carbocycles. The summed E-state index contributed by atoms with van der Waals surface area (Å²) in [5.74, 6) is 0.997. The van der Waals surface area contributed by atoms with E-state index in [2.05, 4.69) is 63.0 Å². The van der Waals surface area contributed by atoms with Gasteiger partial charge in [-0.2, -0.15) is 0 Å². The second-order valence-electron chi connectivity index (χ2n) is 6.95. The third-order valence-electron chi connectivity index (χ3n) is 4.93. The lowest BCUT2D eigenvalue weighted by Gasteiger charge is -2.21. The lowest BCUT2D eigenvalue weighted by atomic mass is 10.2. The Bertz CT molecular complexity index is 980. The van der Waals surface area contributed by atoms with Gasteiger partial charge in [0.05, 0.1) is 19.2 Å². The van der Waals surface area contributed by atoms with Crippen LogP contribution < -0.4 is 0 Å². The van der Waals surface area contributed by atoms with Crippen LogP contribution in [-0.4, -0.2) is 43.8 Å². The number of hydrogen-bond donors (Lipinski definition) is 1. The number of rotatable bonds is 6. The molecule has 5 nitrogen and oxygen atoms in total. The van der Waals surface area contributed by atoms with Gasteiger partial charge in [0, 0.05) is 47.8 Å². The van der Waals surface area contributed by atoms with Crippen LogP contribution in [0.2, 0.25) is 0 Å². The Kier molecular flexibility index (Phi) is 4.49. The van der Waals surface area contributed by atoms with Crippen molar-refractivity contribution < 1.29 is 5.11 Å². The Morgan fingerprint density at radius 1 is 1.04 bits per heavy atom. The van der Waals surface area contributed by atoms with E-state index >= 15 is 0 Å². The number of aromatic nitrogens is 3. The van der Waals surface area contributed by atoms with Crippen molar-refractivity contribution in [3.05, 3.63) is 66.7 Å². The average molecular weight is 348 g/mol. The summed E-state index contributed by atoms with van der Waals surface area (Å²) in [4.78, 5) is 6.47. The maximum absolute atomic E-state index is 10.7. The zero-order valence-corrected chi connectivity index (χ0v) is 15.2. The molecule has 26 heavy (non-hydrogen) atoms. The van der Waals surface area contributed by atoms with Crippen molar-refractivity contribution in [2.75, 3.05) is 13.6 Å². The van der Waals surface area contributed by atoms with Crippen LogP contribution in [0.1, 0.15) is 5.82 Å². The van der Waals surface area contributed by atoms with E-state index in [0.29, 0.717) is 19.6 Å². The molecule has 0 radical (unpaired) electrons. The molecule has 0 amide bonds.